The highest BCUT2D eigenvalue weighted by Crippen LogP contribution is 2.27. The maximum absolute atomic E-state index is 11.9. The number of carbonyl (C=O) groups excluding carboxylic acids is 1. The van der Waals surface area contributed by atoms with Crippen LogP contribution in [0.25, 0.3) is 0 Å². The third-order valence-corrected chi connectivity index (χ3v) is 3.57. The lowest BCUT2D eigenvalue weighted by atomic mass is 10.2. The number of hydrogen-bond acceptors (Lipinski definition) is 3. The van der Waals surface area contributed by atoms with E-state index < -0.39 is 0 Å². The molecule has 16 heavy (non-hydrogen) atoms. The minimum Gasteiger partial charge on any atom is -0.396 e. The maximum atomic E-state index is 11.9. The van der Waals surface area contributed by atoms with Crippen molar-refractivity contribution in [2.45, 2.75) is 6.42 Å². The molecule has 86 valence electrons. The zero-order valence-corrected chi connectivity index (χ0v) is 9.87. The van der Waals surface area contributed by atoms with Crippen LogP contribution >= 0.6 is 11.8 Å². The Morgan fingerprint density at radius 3 is 3.06 bits per heavy atom. The first-order chi connectivity index (χ1) is 7.83. The Bertz CT molecular complexity index is 381. The van der Waals surface area contributed by atoms with Gasteiger partial charge in [0.15, 0.2) is 0 Å². The van der Waals surface area contributed by atoms with Gasteiger partial charge in [0.05, 0.1) is 12.4 Å². The third kappa shape index (κ3) is 2.39. The van der Waals surface area contributed by atoms with E-state index in [-0.39, 0.29) is 12.5 Å². The number of amides is 1. The van der Waals surface area contributed by atoms with Gasteiger partial charge in [-0.25, -0.2) is 0 Å². The molecule has 1 aromatic rings. The Kier molecular flexibility index (Phi) is 3.85. The highest BCUT2D eigenvalue weighted by molar-refractivity contribution is 7.99. The van der Waals surface area contributed by atoms with Gasteiger partial charge in [-0.15, -0.1) is 11.8 Å². The van der Waals surface area contributed by atoms with E-state index in [1.807, 2.05) is 23.1 Å². The van der Waals surface area contributed by atoms with Crippen molar-refractivity contribution in [3.05, 3.63) is 29.8 Å². The minimum atomic E-state index is 0.133. The number of nitrogens with zero attached hydrogens (tertiary/aromatic N) is 1. The van der Waals surface area contributed by atoms with Crippen LogP contribution in [0.5, 0.6) is 0 Å². The quantitative estimate of drug-likeness (QED) is 0.802. The predicted octanol–water partition coefficient (Wildman–Crippen LogP) is 1.30. The predicted molar refractivity (Wildman–Crippen MR) is 66.9 cm³/mol. The smallest absolute Gasteiger partial charge is 0.236 e. The first kappa shape index (κ1) is 11.5. The van der Waals surface area contributed by atoms with Crippen molar-refractivity contribution < 1.29 is 9.90 Å². The number of rotatable bonds is 4. The van der Waals surface area contributed by atoms with Crippen LogP contribution in [-0.4, -0.2) is 35.7 Å². The number of carbonyl (C=O) groups is 1. The average Bonchev–Trinajstić information content (AvgIpc) is 2.73. The van der Waals surface area contributed by atoms with Gasteiger partial charge < -0.3 is 10.0 Å². The molecule has 1 amide bonds. The molecule has 4 heteroatoms. The average molecular weight is 237 g/mol. The van der Waals surface area contributed by atoms with Crippen LogP contribution in [0, 0.1) is 0 Å². The molecular weight excluding hydrogens is 222 g/mol. The Morgan fingerprint density at radius 1 is 1.44 bits per heavy atom. The second-order valence-corrected chi connectivity index (χ2v) is 4.81. The van der Waals surface area contributed by atoms with E-state index in [1.165, 1.54) is 17.3 Å². The summed E-state index contributed by atoms with van der Waals surface area (Å²) in [6.07, 6.45) is 0.951. The summed E-state index contributed by atoms with van der Waals surface area (Å²) in [5, 5.41) is 8.66. The van der Waals surface area contributed by atoms with E-state index in [0.29, 0.717) is 11.5 Å². The molecule has 1 aliphatic heterocycles. The molecule has 1 N–H and O–H groups in total. The lowest BCUT2D eigenvalue weighted by Gasteiger charge is -2.16. The van der Waals surface area contributed by atoms with Crippen LogP contribution in [-0.2, 0) is 11.2 Å². The monoisotopic (exact) mass is 237 g/mol. The van der Waals surface area contributed by atoms with Crippen LogP contribution < -0.4 is 4.90 Å². The fourth-order valence-electron chi connectivity index (χ4n) is 1.90. The number of benzene rings is 1. The second kappa shape index (κ2) is 5.37. The van der Waals surface area contributed by atoms with Gasteiger partial charge in [0.25, 0.3) is 0 Å². The van der Waals surface area contributed by atoms with E-state index in [4.69, 9.17) is 5.11 Å². The largest absolute Gasteiger partial charge is 0.396 e. The van der Waals surface area contributed by atoms with Gasteiger partial charge in [-0.2, -0.15) is 0 Å². The summed E-state index contributed by atoms with van der Waals surface area (Å²) in [7, 11) is 0. The highest BCUT2D eigenvalue weighted by Gasteiger charge is 2.23. The lowest BCUT2D eigenvalue weighted by Crippen LogP contribution is -2.30. The molecule has 0 fully saturated rings. The van der Waals surface area contributed by atoms with Crippen molar-refractivity contribution in [2.24, 2.45) is 0 Å². The minimum absolute atomic E-state index is 0.133. The first-order valence-corrected chi connectivity index (χ1v) is 6.55. The molecule has 0 radical (unpaired) electrons. The van der Waals surface area contributed by atoms with E-state index in [9.17, 15) is 4.79 Å². The van der Waals surface area contributed by atoms with Gasteiger partial charge in [-0.1, -0.05) is 18.2 Å². The number of anilines is 1. The molecule has 2 rings (SSSR count). The molecule has 0 unspecified atom stereocenters. The summed E-state index contributed by atoms with van der Waals surface area (Å²) in [5.74, 6) is 1.22. The molecule has 0 saturated carbocycles. The summed E-state index contributed by atoms with van der Waals surface area (Å²) in [5.41, 5.74) is 2.31. The van der Waals surface area contributed by atoms with E-state index in [0.717, 1.165) is 18.7 Å². The molecule has 0 bridgehead atoms. The molecule has 1 heterocycles. The van der Waals surface area contributed by atoms with E-state index in [2.05, 4.69) is 6.07 Å². The SMILES string of the molecule is O=C(CSCCO)N1CCc2ccccc21. The Morgan fingerprint density at radius 2 is 2.25 bits per heavy atom. The van der Waals surface area contributed by atoms with Crippen LogP contribution in [0.1, 0.15) is 5.56 Å². The Labute approximate surface area is 99.5 Å². The fraction of sp³-hybridized carbons (Fsp3) is 0.417. The molecule has 1 aromatic carbocycles. The van der Waals surface area contributed by atoms with Gasteiger partial charge in [-0.3, -0.25) is 4.79 Å². The molecule has 0 aromatic heterocycles. The van der Waals surface area contributed by atoms with Crippen molar-refractivity contribution in [2.75, 3.05) is 29.6 Å². The molecule has 0 spiro atoms. The molecule has 0 aliphatic carbocycles. The van der Waals surface area contributed by atoms with Crippen molar-refractivity contribution >= 4 is 23.4 Å². The van der Waals surface area contributed by atoms with Crippen LogP contribution in [0.2, 0.25) is 0 Å². The summed E-state index contributed by atoms with van der Waals surface area (Å²) in [6.45, 7) is 0.923. The van der Waals surface area contributed by atoms with Crippen LogP contribution in [0.3, 0.4) is 0 Å². The topological polar surface area (TPSA) is 40.5 Å². The fourth-order valence-corrected chi connectivity index (χ4v) is 2.50. The Hall–Kier alpha value is -1.00. The van der Waals surface area contributed by atoms with Crippen LogP contribution in [0.4, 0.5) is 5.69 Å². The van der Waals surface area contributed by atoms with Gasteiger partial charge in [0.2, 0.25) is 5.91 Å². The van der Waals surface area contributed by atoms with Gasteiger partial charge in [-0.05, 0) is 18.1 Å². The molecular formula is C12H15NO2S. The summed E-state index contributed by atoms with van der Waals surface area (Å²) in [4.78, 5) is 13.8. The van der Waals surface area contributed by atoms with Crippen molar-refractivity contribution in [1.29, 1.82) is 0 Å². The zero-order valence-electron chi connectivity index (χ0n) is 9.06. The standard InChI is InChI=1S/C12H15NO2S/c14-7-8-16-9-12(15)13-6-5-10-3-1-2-4-11(10)13/h1-4,14H,5-9H2. The second-order valence-electron chi connectivity index (χ2n) is 3.70. The summed E-state index contributed by atoms with van der Waals surface area (Å²) >= 11 is 1.48. The highest BCUT2D eigenvalue weighted by atomic mass is 32.2. The van der Waals surface area contributed by atoms with E-state index >= 15 is 0 Å². The number of aliphatic hydroxyl groups is 1. The molecule has 0 saturated heterocycles. The number of hydrogen-bond donors (Lipinski definition) is 1. The van der Waals surface area contributed by atoms with Crippen molar-refractivity contribution in [3.63, 3.8) is 0 Å². The lowest BCUT2D eigenvalue weighted by molar-refractivity contribution is -0.116. The van der Waals surface area contributed by atoms with Gasteiger partial charge in [0, 0.05) is 18.0 Å². The van der Waals surface area contributed by atoms with Crippen LogP contribution in [0.15, 0.2) is 24.3 Å². The number of para-hydroxylation sites is 1. The maximum Gasteiger partial charge on any atom is 0.236 e. The summed E-state index contributed by atoms with van der Waals surface area (Å²) < 4.78 is 0. The van der Waals surface area contributed by atoms with E-state index in [1.54, 1.807) is 0 Å². The van der Waals surface area contributed by atoms with Gasteiger partial charge >= 0.3 is 0 Å². The molecule has 3 nitrogen and oxygen atoms in total. The summed E-state index contributed by atoms with van der Waals surface area (Å²) in [6, 6.07) is 8.04. The molecule has 1 aliphatic rings. The third-order valence-electron chi connectivity index (χ3n) is 2.65. The number of thioether (sulfide) groups is 1. The van der Waals surface area contributed by atoms with Gasteiger partial charge in [0.1, 0.15) is 0 Å². The van der Waals surface area contributed by atoms with Crippen molar-refractivity contribution in [1.82, 2.24) is 0 Å². The molecule has 0 atom stereocenters. The number of aliphatic hydroxyl groups excluding tert-OH is 1. The normalized spacial score (nSPS) is 13.9. The number of fused-ring (bicyclic) bond motifs is 1. The van der Waals surface area contributed by atoms with Crippen molar-refractivity contribution in [3.8, 4) is 0 Å². The Balaban J connectivity index is 1.99. The zero-order chi connectivity index (χ0) is 11.4. The first-order valence-electron chi connectivity index (χ1n) is 5.40.